The smallest absolute Gasteiger partial charge is 0.243 e. The quantitative estimate of drug-likeness (QED) is 0.788. The van der Waals surface area contributed by atoms with Gasteiger partial charge in [0, 0.05) is 26.1 Å². The van der Waals surface area contributed by atoms with E-state index in [1.54, 1.807) is 28.6 Å². The summed E-state index contributed by atoms with van der Waals surface area (Å²) < 4.78 is 27.0. The van der Waals surface area contributed by atoms with Gasteiger partial charge in [-0.3, -0.25) is 4.79 Å². The Balaban J connectivity index is 1.32. The second-order valence-electron chi connectivity index (χ2n) is 8.02. The molecule has 0 saturated carbocycles. The topological polar surface area (TPSA) is 66.5 Å². The van der Waals surface area contributed by atoms with Crippen molar-refractivity contribution < 1.29 is 13.2 Å². The lowest BCUT2D eigenvalue weighted by molar-refractivity contribution is -0.121. The monoisotopic (exact) mass is 412 g/mol. The third-order valence-electron chi connectivity index (χ3n) is 6.05. The fourth-order valence-electron chi connectivity index (χ4n) is 4.39. The molecule has 1 saturated heterocycles. The van der Waals surface area contributed by atoms with E-state index >= 15 is 0 Å². The first-order chi connectivity index (χ1) is 14.0. The summed E-state index contributed by atoms with van der Waals surface area (Å²) >= 11 is 0. The predicted octanol–water partition coefficient (Wildman–Crippen LogP) is 3.60. The molecule has 1 heterocycles. The van der Waals surface area contributed by atoms with Gasteiger partial charge in [-0.1, -0.05) is 42.8 Å². The summed E-state index contributed by atoms with van der Waals surface area (Å²) in [5.41, 5.74) is 3.56. The van der Waals surface area contributed by atoms with E-state index in [1.807, 2.05) is 6.07 Å². The molecular weight excluding hydrogens is 384 g/mol. The molecule has 1 N–H and O–H groups in total. The third kappa shape index (κ3) is 4.54. The zero-order valence-corrected chi connectivity index (χ0v) is 17.5. The summed E-state index contributed by atoms with van der Waals surface area (Å²) in [7, 11) is -3.41. The molecule has 1 aliphatic carbocycles. The molecule has 0 radical (unpaired) electrons. The lowest BCUT2D eigenvalue weighted by Crippen LogP contribution is -2.35. The van der Waals surface area contributed by atoms with Gasteiger partial charge in [-0.25, -0.2) is 8.42 Å². The van der Waals surface area contributed by atoms with Crippen LogP contribution in [0.1, 0.15) is 54.7 Å². The van der Waals surface area contributed by atoms with Gasteiger partial charge in [0.25, 0.3) is 0 Å². The van der Waals surface area contributed by atoms with Crippen LogP contribution < -0.4 is 5.32 Å². The zero-order valence-electron chi connectivity index (χ0n) is 16.6. The normalized spacial score (nSPS) is 19.7. The van der Waals surface area contributed by atoms with Crippen molar-refractivity contribution in [3.63, 3.8) is 0 Å². The van der Waals surface area contributed by atoms with E-state index < -0.39 is 10.0 Å². The fourth-order valence-corrected chi connectivity index (χ4v) is 5.90. The summed E-state index contributed by atoms with van der Waals surface area (Å²) in [6.07, 6.45) is 5.51. The number of hydrogen-bond donors (Lipinski definition) is 1. The largest absolute Gasteiger partial charge is 0.352 e. The van der Waals surface area contributed by atoms with Crippen LogP contribution in [0.2, 0.25) is 0 Å². The molecule has 1 aliphatic heterocycles. The highest BCUT2D eigenvalue weighted by Crippen LogP contribution is 2.35. The summed E-state index contributed by atoms with van der Waals surface area (Å²) in [6, 6.07) is 15.3. The minimum atomic E-state index is -3.41. The second-order valence-corrected chi connectivity index (χ2v) is 9.96. The molecule has 2 aromatic rings. The Labute approximate surface area is 173 Å². The molecule has 2 aliphatic rings. The number of hydrogen-bond acceptors (Lipinski definition) is 3. The van der Waals surface area contributed by atoms with Crippen LogP contribution in [0.25, 0.3) is 0 Å². The lowest BCUT2D eigenvalue weighted by atomic mass is 9.97. The van der Waals surface area contributed by atoms with Gasteiger partial charge in [-0.15, -0.1) is 0 Å². The number of nitrogens with one attached hydrogen (secondary N) is 1. The van der Waals surface area contributed by atoms with Gasteiger partial charge in [-0.05, 0) is 60.4 Å². The SMILES string of the molecule is O=C(CC1CCc2ccccc21)NCc1ccc(S(=O)(=O)N2CCCCC2)cc1. The average molecular weight is 413 g/mol. The van der Waals surface area contributed by atoms with Gasteiger partial charge < -0.3 is 5.32 Å². The number of fused-ring (bicyclic) bond motifs is 1. The highest BCUT2D eigenvalue weighted by Gasteiger charge is 2.26. The first-order valence-electron chi connectivity index (χ1n) is 10.5. The van der Waals surface area contributed by atoms with E-state index in [9.17, 15) is 13.2 Å². The Morgan fingerprint density at radius 1 is 1.00 bits per heavy atom. The maximum absolute atomic E-state index is 12.7. The van der Waals surface area contributed by atoms with Crippen molar-refractivity contribution in [2.75, 3.05) is 13.1 Å². The van der Waals surface area contributed by atoms with E-state index in [2.05, 4.69) is 23.5 Å². The molecule has 1 unspecified atom stereocenters. The fraction of sp³-hybridized carbons (Fsp3) is 0.435. The molecule has 2 aromatic carbocycles. The van der Waals surface area contributed by atoms with Crippen LogP contribution in [0.15, 0.2) is 53.4 Å². The lowest BCUT2D eigenvalue weighted by Gasteiger charge is -2.25. The van der Waals surface area contributed by atoms with Crippen molar-refractivity contribution in [3.8, 4) is 0 Å². The molecular formula is C23H28N2O3S. The van der Waals surface area contributed by atoms with Crippen LogP contribution in [-0.2, 0) is 27.8 Å². The van der Waals surface area contributed by atoms with Crippen molar-refractivity contribution >= 4 is 15.9 Å². The summed E-state index contributed by atoms with van der Waals surface area (Å²) in [6.45, 7) is 1.62. The Hall–Kier alpha value is -2.18. The van der Waals surface area contributed by atoms with E-state index in [0.29, 0.717) is 36.9 Å². The number of aryl methyl sites for hydroxylation is 1. The highest BCUT2D eigenvalue weighted by atomic mass is 32.2. The Bertz CT molecular complexity index is 964. The van der Waals surface area contributed by atoms with Gasteiger partial charge in [0.15, 0.2) is 0 Å². The zero-order chi connectivity index (χ0) is 20.3. The number of amides is 1. The molecule has 1 fully saturated rings. The van der Waals surface area contributed by atoms with E-state index in [4.69, 9.17) is 0 Å². The molecule has 0 bridgehead atoms. The van der Waals surface area contributed by atoms with Crippen molar-refractivity contribution in [3.05, 3.63) is 65.2 Å². The van der Waals surface area contributed by atoms with Crippen molar-refractivity contribution in [2.24, 2.45) is 0 Å². The van der Waals surface area contributed by atoms with Gasteiger partial charge in [0.1, 0.15) is 0 Å². The number of rotatable bonds is 6. The van der Waals surface area contributed by atoms with E-state index in [-0.39, 0.29) is 5.91 Å². The minimum absolute atomic E-state index is 0.0386. The third-order valence-corrected chi connectivity index (χ3v) is 7.97. The van der Waals surface area contributed by atoms with Gasteiger partial charge in [0.2, 0.25) is 15.9 Å². The molecule has 6 heteroatoms. The van der Waals surface area contributed by atoms with E-state index in [1.165, 1.54) is 11.1 Å². The maximum atomic E-state index is 12.7. The molecule has 0 aromatic heterocycles. The van der Waals surface area contributed by atoms with Crippen LogP contribution in [0.4, 0.5) is 0 Å². The van der Waals surface area contributed by atoms with Crippen molar-refractivity contribution in [1.29, 1.82) is 0 Å². The molecule has 4 rings (SSSR count). The van der Waals surface area contributed by atoms with E-state index in [0.717, 1.165) is 37.7 Å². The number of carbonyl (C=O) groups excluding carboxylic acids is 1. The number of piperidine rings is 1. The molecule has 29 heavy (non-hydrogen) atoms. The Morgan fingerprint density at radius 2 is 1.72 bits per heavy atom. The van der Waals surface area contributed by atoms with Crippen molar-refractivity contribution in [2.45, 2.75) is 55.9 Å². The number of benzene rings is 2. The van der Waals surface area contributed by atoms with Crippen LogP contribution in [0.3, 0.4) is 0 Å². The summed E-state index contributed by atoms with van der Waals surface area (Å²) in [5, 5.41) is 2.98. The number of sulfonamides is 1. The Kier molecular flexibility index (Phi) is 6.01. The van der Waals surface area contributed by atoms with Crippen LogP contribution in [0, 0.1) is 0 Å². The molecule has 154 valence electrons. The maximum Gasteiger partial charge on any atom is 0.243 e. The summed E-state index contributed by atoms with van der Waals surface area (Å²) in [5.74, 6) is 0.333. The standard InChI is InChI=1S/C23H28N2O3S/c26-23(16-20-11-10-19-6-2-3-7-22(19)20)24-17-18-8-12-21(13-9-18)29(27,28)25-14-4-1-5-15-25/h2-3,6-9,12-13,20H,1,4-5,10-11,14-17H2,(H,24,26). The molecule has 1 atom stereocenters. The van der Waals surface area contributed by atoms with Crippen molar-refractivity contribution in [1.82, 2.24) is 9.62 Å². The molecule has 5 nitrogen and oxygen atoms in total. The Morgan fingerprint density at radius 3 is 2.48 bits per heavy atom. The summed E-state index contributed by atoms with van der Waals surface area (Å²) in [4.78, 5) is 12.7. The van der Waals surface area contributed by atoms with Gasteiger partial charge in [0.05, 0.1) is 4.90 Å². The first-order valence-corrected chi connectivity index (χ1v) is 11.9. The number of nitrogens with zero attached hydrogens (tertiary/aromatic N) is 1. The van der Waals surface area contributed by atoms with Crippen LogP contribution in [0.5, 0.6) is 0 Å². The molecule has 1 amide bonds. The van der Waals surface area contributed by atoms with Crippen LogP contribution in [-0.4, -0.2) is 31.7 Å². The predicted molar refractivity (Wildman–Crippen MR) is 113 cm³/mol. The molecule has 0 spiro atoms. The second kappa shape index (κ2) is 8.67. The van der Waals surface area contributed by atoms with Gasteiger partial charge in [-0.2, -0.15) is 4.31 Å². The van der Waals surface area contributed by atoms with Gasteiger partial charge >= 0.3 is 0 Å². The minimum Gasteiger partial charge on any atom is -0.352 e. The average Bonchev–Trinajstić information content (AvgIpc) is 3.16. The first kappa shape index (κ1) is 20.1. The highest BCUT2D eigenvalue weighted by molar-refractivity contribution is 7.89. The number of carbonyl (C=O) groups is 1. The van der Waals surface area contributed by atoms with Crippen LogP contribution >= 0.6 is 0 Å².